The highest BCUT2D eigenvalue weighted by Crippen LogP contribution is 2.28. The molecule has 0 aliphatic rings. The minimum atomic E-state index is -0.0197. The molecule has 17 heavy (non-hydrogen) atoms. The minimum Gasteiger partial charge on any atom is -0.358 e. The summed E-state index contributed by atoms with van der Waals surface area (Å²) < 4.78 is 0.993. The lowest BCUT2D eigenvalue weighted by molar-refractivity contribution is 0.0957. The van der Waals surface area contributed by atoms with Crippen molar-refractivity contribution in [2.24, 2.45) is 0 Å². The average molecular weight is 295 g/mol. The number of amides is 1. The Morgan fingerprint density at radius 3 is 2.76 bits per heavy atom. The summed E-state index contributed by atoms with van der Waals surface area (Å²) in [7, 11) is 0. The fraction of sp³-hybridized carbons (Fsp3) is 0.308. The number of rotatable bonds is 2. The molecule has 0 aliphatic carbocycles. The molecule has 2 rings (SSSR count). The van der Waals surface area contributed by atoms with Gasteiger partial charge in [-0.2, -0.15) is 0 Å². The summed E-state index contributed by atoms with van der Waals surface area (Å²) in [6, 6.07) is 4.02. The van der Waals surface area contributed by atoms with Crippen LogP contribution in [0, 0.1) is 13.8 Å². The zero-order valence-corrected chi connectivity index (χ0v) is 11.7. The predicted octanol–water partition coefficient (Wildman–Crippen LogP) is 3.30. The first-order valence-electron chi connectivity index (χ1n) is 5.61. The lowest BCUT2D eigenvalue weighted by Crippen LogP contribution is -2.23. The summed E-state index contributed by atoms with van der Waals surface area (Å²) in [6.45, 7) is 6.52. The molecule has 90 valence electrons. The molecule has 0 aliphatic heterocycles. The summed E-state index contributed by atoms with van der Waals surface area (Å²) in [6.07, 6.45) is 0. The summed E-state index contributed by atoms with van der Waals surface area (Å²) in [5.41, 5.74) is 3.82. The lowest BCUT2D eigenvalue weighted by Gasteiger charge is -2.03. The van der Waals surface area contributed by atoms with Crippen molar-refractivity contribution >= 4 is 32.7 Å². The van der Waals surface area contributed by atoms with Gasteiger partial charge in [0.1, 0.15) is 0 Å². The minimum absolute atomic E-state index is 0.0197. The second kappa shape index (κ2) is 4.53. The summed E-state index contributed by atoms with van der Waals surface area (Å²) in [5, 5.41) is 3.82. The van der Waals surface area contributed by atoms with Crippen LogP contribution in [-0.4, -0.2) is 17.4 Å². The summed E-state index contributed by atoms with van der Waals surface area (Å²) in [5.74, 6) is -0.0197. The highest BCUT2D eigenvalue weighted by Gasteiger charge is 2.16. The van der Waals surface area contributed by atoms with Crippen molar-refractivity contribution in [2.75, 3.05) is 6.54 Å². The number of fused-ring (bicyclic) bond motifs is 1. The molecule has 4 heteroatoms. The number of carbonyl (C=O) groups excluding carboxylic acids is 1. The number of carbonyl (C=O) groups is 1. The van der Waals surface area contributed by atoms with E-state index in [2.05, 4.69) is 26.2 Å². The Morgan fingerprint density at radius 1 is 1.41 bits per heavy atom. The van der Waals surface area contributed by atoms with Gasteiger partial charge < -0.3 is 10.3 Å². The van der Waals surface area contributed by atoms with E-state index in [1.807, 2.05) is 32.9 Å². The fourth-order valence-corrected chi connectivity index (χ4v) is 2.67. The highest BCUT2D eigenvalue weighted by molar-refractivity contribution is 9.10. The van der Waals surface area contributed by atoms with Gasteiger partial charge in [-0.1, -0.05) is 15.9 Å². The molecule has 1 aromatic carbocycles. The first-order chi connectivity index (χ1) is 8.04. The largest absolute Gasteiger partial charge is 0.358 e. The third kappa shape index (κ3) is 2.09. The maximum Gasteiger partial charge on any atom is 0.253 e. The van der Waals surface area contributed by atoms with E-state index in [4.69, 9.17) is 0 Å². The second-order valence-corrected chi connectivity index (χ2v) is 5.05. The van der Waals surface area contributed by atoms with Gasteiger partial charge in [0.05, 0.1) is 5.56 Å². The van der Waals surface area contributed by atoms with Gasteiger partial charge in [0.25, 0.3) is 5.91 Å². The number of halogens is 1. The number of hydrogen-bond donors (Lipinski definition) is 2. The molecule has 1 aromatic heterocycles. The van der Waals surface area contributed by atoms with Crippen LogP contribution in [0.4, 0.5) is 0 Å². The Kier molecular flexibility index (Phi) is 3.24. The number of hydrogen-bond acceptors (Lipinski definition) is 1. The van der Waals surface area contributed by atoms with Gasteiger partial charge in [-0.15, -0.1) is 0 Å². The highest BCUT2D eigenvalue weighted by atomic mass is 79.9. The molecule has 3 nitrogen and oxygen atoms in total. The Labute approximate surface area is 109 Å². The van der Waals surface area contributed by atoms with Crippen LogP contribution >= 0.6 is 15.9 Å². The first-order valence-corrected chi connectivity index (χ1v) is 6.40. The molecule has 0 saturated carbocycles. The lowest BCUT2D eigenvalue weighted by atomic mass is 10.1. The van der Waals surface area contributed by atoms with Crippen LogP contribution in [0.5, 0.6) is 0 Å². The van der Waals surface area contributed by atoms with E-state index in [1.165, 1.54) is 0 Å². The van der Waals surface area contributed by atoms with Gasteiger partial charge in [0, 0.05) is 27.6 Å². The Morgan fingerprint density at radius 2 is 2.12 bits per heavy atom. The quantitative estimate of drug-likeness (QED) is 0.877. The van der Waals surface area contributed by atoms with Gasteiger partial charge in [-0.3, -0.25) is 4.79 Å². The Hall–Kier alpha value is -1.29. The van der Waals surface area contributed by atoms with Crippen molar-refractivity contribution in [1.29, 1.82) is 0 Å². The van der Waals surface area contributed by atoms with Crippen molar-refractivity contribution < 1.29 is 4.79 Å². The third-order valence-electron chi connectivity index (χ3n) is 2.82. The molecule has 0 radical (unpaired) electrons. The number of aromatic nitrogens is 1. The van der Waals surface area contributed by atoms with Crippen LogP contribution in [0.1, 0.15) is 28.5 Å². The maximum absolute atomic E-state index is 12.0. The number of H-pyrrole nitrogens is 1. The summed E-state index contributed by atoms with van der Waals surface area (Å²) in [4.78, 5) is 15.3. The van der Waals surface area contributed by atoms with E-state index in [0.717, 1.165) is 32.2 Å². The van der Waals surface area contributed by atoms with Gasteiger partial charge in [-0.05, 0) is 38.5 Å². The molecule has 0 saturated heterocycles. The standard InChI is InChI=1S/C13H15BrN2O/c1-4-15-13(17)11-8(3)16-12-7(2)5-9(14)6-10(11)12/h5-6,16H,4H2,1-3H3,(H,15,17). The van der Waals surface area contributed by atoms with E-state index in [9.17, 15) is 4.79 Å². The second-order valence-electron chi connectivity index (χ2n) is 4.13. The van der Waals surface area contributed by atoms with Crippen molar-refractivity contribution in [3.63, 3.8) is 0 Å². The molecule has 0 atom stereocenters. The van der Waals surface area contributed by atoms with Gasteiger partial charge >= 0.3 is 0 Å². The van der Waals surface area contributed by atoms with Gasteiger partial charge in [0.2, 0.25) is 0 Å². The van der Waals surface area contributed by atoms with Crippen molar-refractivity contribution in [2.45, 2.75) is 20.8 Å². The monoisotopic (exact) mass is 294 g/mol. The van der Waals surface area contributed by atoms with Crippen LogP contribution in [0.15, 0.2) is 16.6 Å². The topological polar surface area (TPSA) is 44.9 Å². The number of aromatic amines is 1. The molecular weight excluding hydrogens is 280 g/mol. The van der Waals surface area contributed by atoms with Crippen LogP contribution in [-0.2, 0) is 0 Å². The molecule has 0 fully saturated rings. The van der Waals surface area contributed by atoms with E-state index in [0.29, 0.717) is 6.54 Å². The zero-order valence-electron chi connectivity index (χ0n) is 10.1. The molecule has 0 spiro atoms. The molecule has 0 bridgehead atoms. The van der Waals surface area contributed by atoms with Crippen molar-refractivity contribution in [3.05, 3.63) is 33.4 Å². The van der Waals surface area contributed by atoms with Gasteiger partial charge in [0.15, 0.2) is 0 Å². The zero-order chi connectivity index (χ0) is 12.6. The number of nitrogens with one attached hydrogen (secondary N) is 2. The van der Waals surface area contributed by atoms with E-state index >= 15 is 0 Å². The molecule has 2 aromatic rings. The Bertz CT molecular complexity index is 587. The third-order valence-corrected chi connectivity index (χ3v) is 3.28. The predicted molar refractivity (Wildman–Crippen MR) is 73.5 cm³/mol. The van der Waals surface area contributed by atoms with Crippen LogP contribution in [0.3, 0.4) is 0 Å². The fourth-order valence-electron chi connectivity index (χ4n) is 2.10. The smallest absolute Gasteiger partial charge is 0.253 e. The van der Waals surface area contributed by atoms with Crippen molar-refractivity contribution in [3.8, 4) is 0 Å². The molecular formula is C13H15BrN2O. The number of benzene rings is 1. The normalized spacial score (nSPS) is 10.8. The SMILES string of the molecule is CCNC(=O)c1c(C)[nH]c2c(C)cc(Br)cc12. The van der Waals surface area contributed by atoms with Gasteiger partial charge in [-0.25, -0.2) is 0 Å². The van der Waals surface area contributed by atoms with E-state index < -0.39 is 0 Å². The molecule has 1 heterocycles. The first kappa shape index (κ1) is 12.2. The van der Waals surface area contributed by atoms with E-state index in [1.54, 1.807) is 0 Å². The molecule has 2 N–H and O–H groups in total. The average Bonchev–Trinajstić information content (AvgIpc) is 2.55. The molecule has 0 unspecified atom stereocenters. The van der Waals surface area contributed by atoms with Crippen LogP contribution in [0.2, 0.25) is 0 Å². The summed E-state index contributed by atoms with van der Waals surface area (Å²) >= 11 is 3.47. The number of aryl methyl sites for hydroxylation is 2. The molecule has 1 amide bonds. The van der Waals surface area contributed by atoms with Crippen LogP contribution < -0.4 is 5.32 Å². The maximum atomic E-state index is 12.0. The van der Waals surface area contributed by atoms with Crippen molar-refractivity contribution in [1.82, 2.24) is 10.3 Å². The van der Waals surface area contributed by atoms with E-state index in [-0.39, 0.29) is 5.91 Å². The Balaban J connectivity index is 2.70. The van der Waals surface area contributed by atoms with Crippen LogP contribution in [0.25, 0.3) is 10.9 Å².